The van der Waals surface area contributed by atoms with Crippen LogP contribution in [0.2, 0.25) is 0 Å². The normalized spacial score (nSPS) is 15.9. The van der Waals surface area contributed by atoms with Crippen LogP contribution in [0.15, 0.2) is 146 Å². The van der Waals surface area contributed by atoms with E-state index in [-0.39, 0.29) is 30.9 Å². The molecule has 4 nitrogen and oxygen atoms in total. The summed E-state index contributed by atoms with van der Waals surface area (Å²) in [5.41, 5.74) is 14.9. The quantitative estimate of drug-likeness (QED) is 0.0564. The molecular weight excluding hydrogens is 1080 g/mol. The standard InChI is InChI=1S/C69H77N4.Ir/c1-6-8-10-12-14-23-42-69(43-24-15-13-11-9-7-2)62-46-53(52-30-25-31-54(44-52)59-33-22-21-32-58(59)50-27-17-16-18-28-50)36-39-60(62)61-40-37-55(47-63(61)69)64-41-38-57(48-70-64)66-71-65(72-67(73-66)68(3,4)5)56-35-34-49-26-19-20-29-51(49)45-56;/h16-20,25-31,34-36,38-41,44-48,58-59H,6-15,21-24,32-33,42-43H2,1-5H3;/q-1;. The smallest absolute Gasteiger partial charge is 0.165 e. The van der Waals surface area contributed by atoms with Crippen molar-refractivity contribution in [3.63, 3.8) is 0 Å². The summed E-state index contributed by atoms with van der Waals surface area (Å²) in [4.78, 5) is 20.4. The van der Waals surface area contributed by atoms with Crippen molar-refractivity contribution in [3.8, 4) is 56.3 Å². The predicted molar refractivity (Wildman–Crippen MR) is 307 cm³/mol. The zero-order valence-electron chi connectivity index (χ0n) is 44.9. The van der Waals surface area contributed by atoms with Gasteiger partial charge in [-0.3, -0.25) is 0 Å². The molecule has 8 aromatic rings. The second kappa shape index (κ2) is 24.4. The van der Waals surface area contributed by atoms with E-state index in [0.29, 0.717) is 23.5 Å². The van der Waals surface area contributed by atoms with Crippen LogP contribution in [0.1, 0.15) is 190 Å². The molecule has 0 N–H and O–H groups in total. The van der Waals surface area contributed by atoms with Gasteiger partial charge in [0, 0.05) is 48.3 Å². The summed E-state index contributed by atoms with van der Waals surface area (Å²) in [7, 11) is 0. The van der Waals surface area contributed by atoms with Crippen LogP contribution >= 0.6 is 0 Å². The van der Waals surface area contributed by atoms with E-state index in [0.717, 1.165) is 41.1 Å². The van der Waals surface area contributed by atoms with Crippen molar-refractivity contribution in [3.05, 3.63) is 180 Å². The fourth-order valence-electron chi connectivity index (χ4n) is 12.4. The van der Waals surface area contributed by atoms with Gasteiger partial charge in [0.15, 0.2) is 11.6 Å². The third-order valence-corrected chi connectivity index (χ3v) is 16.5. The molecule has 0 aliphatic heterocycles. The molecule has 5 heteroatoms. The van der Waals surface area contributed by atoms with Crippen molar-refractivity contribution in [1.82, 2.24) is 19.9 Å². The average molecular weight is 1150 g/mol. The van der Waals surface area contributed by atoms with Gasteiger partial charge in [0.25, 0.3) is 0 Å². The Morgan fingerprint density at radius 2 is 1.11 bits per heavy atom. The van der Waals surface area contributed by atoms with Gasteiger partial charge in [0.1, 0.15) is 5.82 Å². The van der Waals surface area contributed by atoms with Gasteiger partial charge in [-0.15, -0.1) is 29.3 Å². The summed E-state index contributed by atoms with van der Waals surface area (Å²) in [5, 5.41) is 2.36. The van der Waals surface area contributed by atoms with Gasteiger partial charge < -0.3 is 4.98 Å². The van der Waals surface area contributed by atoms with Crippen LogP contribution in [-0.2, 0) is 30.9 Å². The summed E-state index contributed by atoms with van der Waals surface area (Å²) in [6.45, 7) is 11.1. The molecule has 2 aromatic heterocycles. The molecular formula is C69H77IrN4-. The Bertz CT molecular complexity index is 3100. The van der Waals surface area contributed by atoms with Crippen LogP contribution in [0.25, 0.3) is 67.1 Å². The Hall–Kier alpha value is -5.61. The molecule has 10 rings (SSSR count). The number of hydrogen-bond acceptors (Lipinski definition) is 4. The molecule has 2 aliphatic carbocycles. The molecule has 2 heterocycles. The zero-order chi connectivity index (χ0) is 50.2. The van der Waals surface area contributed by atoms with Crippen molar-refractivity contribution in [2.45, 2.75) is 173 Å². The van der Waals surface area contributed by atoms with Gasteiger partial charge in [-0.05, 0) is 87.9 Å². The first-order valence-electron chi connectivity index (χ1n) is 28.3. The van der Waals surface area contributed by atoms with Crippen LogP contribution < -0.4 is 0 Å². The fourth-order valence-corrected chi connectivity index (χ4v) is 12.4. The van der Waals surface area contributed by atoms with Gasteiger partial charge in [0.2, 0.25) is 0 Å². The van der Waals surface area contributed by atoms with Crippen LogP contribution in [0.5, 0.6) is 0 Å². The first kappa shape index (κ1) is 53.2. The Morgan fingerprint density at radius 1 is 0.514 bits per heavy atom. The first-order valence-corrected chi connectivity index (χ1v) is 28.3. The fraction of sp³-hybridized carbons (Fsp3) is 0.391. The minimum Gasteiger partial charge on any atom is -0.304 e. The Balaban J connectivity index is 0.00000672. The van der Waals surface area contributed by atoms with E-state index >= 15 is 0 Å². The van der Waals surface area contributed by atoms with Gasteiger partial charge in [-0.2, -0.15) is 0 Å². The van der Waals surface area contributed by atoms with Crippen molar-refractivity contribution >= 4 is 10.8 Å². The second-order valence-corrected chi connectivity index (χ2v) is 22.6. The molecule has 74 heavy (non-hydrogen) atoms. The van der Waals surface area contributed by atoms with Crippen molar-refractivity contribution in [2.24, 2.45) is 0 Å². The molecule has 0 spiro atoms. The molecule has 1 radical (unpaired) electrons. The number of benzene rings is 6. The Morgan fingerprint density at radius 3 is 1.80 bits per heavy atom. The molecule has 1 fully saturated rings. The summed E-state index contributed by atoms with van der Waals surface area (Å²) < 4.78 is 0. The maximum absolute atomic E-state index is 5.18. The number of fused-ring (bicyclic) bond motifs is 4. The topological polar surface area (TPSA) is 51.6 Å². The maximum atomic E-state index is 5.18. The molecule has 0 bridgehead atoms. The van der Waals surface area contributed by atoms with E-state index in [1.54, 1.807) is 0 Å². The number of aromatic nitrogens is 4. The van der Waals surface area contributed by atoms with E-state index in [1.165, 1.54) is 158 Å². The van der Waals surface area contributed by atoms with Crippen LogP contribution in [0.4, 0.5) is 0 Å². The van der Waals surface area contributed by atoms with E-state index < -0.39 is 0 Å². The third kappa shape index (κ3) is 11.8. The summed E-state index contributed by atoms with van der Waals surface area (Å²) in [6, 6.07) is 56.2. The number of pyridine rings is 1. The molecule has 1 saturated carbocycles. The monoisotopic (exact) mass is 1150 g/mol. The molecule has 0 amide bonds. The number of rotatable bonds is 20. The first-order chi connectivity index (χ1) is 35.7. The van der Waals surface area contributed by atoms with Crippen LogP contribution in [-0.4, -0.2) is 19.9 Å². The Kier molecular flexibility index (Phi) is 17.5. The SMILES string of the molecule is CCCCCCCCC1(CCCCCCCC)c2cc(-c3ccc(-c4nc(-c5ccc6ccccc6c5)nc(C(C)(C)C)n4)cn3)[c-]cc2-c2ccc(-c3cccc(C4CCCCC4c4ccccc4)c3)cc21.[Ir]. The largest absolute Gasteiger partial charge is 0.304 e. The minimum absolute atomic E-state index is 0. The minimum atomic E-state index is -0.267. The van der Waals surface area contributed by atoms with Gasteiger partial charge >= 0.3 is 0 Å². The van der Waals surface area contributed by atoms with Crippen molar-refractivity contribution < 1.29 is 20.1 Å². The summed E-state index contributed by atoms with van der Waals surface area (Å²) in [6.07, 6.45) is 24.9. The van der Waals surface area contributed by atoms with Gasteiger partial charge in [-0.25, -0.2) is 15.0 Å². The van der Waals surface area contributed by atoms with Crippen LogP contribution in [0.3, 0.4) is 0 Å². The molecule has 2 unspecified atom stereocenters. The van der Waals surface area contributed by atoms with E-state index in [1.807, 2.05) is 6.20 Å². The zero-order valence-corrected chi connectivity index (χ0v) is 47.3. The molecule has 383 valence electrons. The van der Waals surface area contributed by atoms with E-state index in [2.05, 4.69) is 180 Å². The van der Waals surface area contributed by atoms with E-state index in [9.17, 15) is 0 Å². The second-order valence-electron chi connectivity index (χ2n) is 22.6. The van der Waals surface area contributed by atoms with E-state index in [4.69, 9.17) is 19.9 Å². The molecule has 2 aliphatic rings. The molecule has 2 atom stereocenters. The van der Waals surface area contributed by atoms with Crippen molar-refractivity contribution in [2.75, 3.05) is 0 Å². The Labute approximate surface area is 457 Å². The molecule has 0 saturated heterocycles. The van der Waals surface area contributed by atoms with Gasteiger partial charge in [-0.1, -0.05) is 257 Å². The van der Waals surface area contributed by atoms with Crippen LogP contribution in [0, 0.1) is 6.07 Å². The number of nitrogens with zero attached hydrogens (tertiary/aromatic N) is 4. The van der Waals surface area contributed by atoms with Crippen molar-refractivity contribution in [1.29, 1.82) is 0 Å². The average Bonchev–Trinajstić information content (AvgIpc) is 3.70. The summed E-state index contributed by atoms with van der Waals surface area (Å²) in [5.74, 6) is 3.19. The summed E-state index contributed by atoms with van der Waals surface area (Å²) >= 11 is 0. The predicted octanol–water partition coefficient (Wildman–Crippen LogP) is 19.4. The molecule has 6 aromatic carbocycles. The third-order valence-electron chi connectivity index (χ3n) is 16.5. The number of hydrogen-bond donors (Lipinski definition) is 0. The maximum Gasteiger partial charge on any atom is 0.165 e. The number of unbranched alkanes of at least 4 members (excludes halogenated alkanes) is 10. The van der Waals surface area contributed by atoms with Gasteiger partial charge in [0.05, 0.1) is 0 Å².